The summed E-state index contributed by atoms with van der Waals surface area (Å²) in [5.41, 5.74) is 10.3. The van der Waals surface area contributed by atoms with Crippen molar-refractivity contribution in [1.29, 1.82) is 0 Å². The normalized spacial score (nSPS) is 12.3. The molecule has 4 amide bonds. The fourth-order valence-electron chi connectivity index (χ4n) is 1.43. The highest BCUT2D eigenvalue weighted by atomic mass is 16.2. The zero-order valence-corrected chi connectivity index (χ0v) is 10.1. The number of carbonyl (C=O) groups is 2. The summed E-state index contributed by atoms with van der Waals surface area (Å²) in [6.07, 6.45) is 1.53. The fourth-order valence-corrected chi connectivity index (χ4v) is 1.43. The lowest BCUT2D eigenvalue weighted by molar-refractivity contribution is 0.253. The van der Waals surface area contributed by atoms with E-state index in [1.54, 1.807) is 0 Å². The van der Waals surface area contributed by atoms with Crippen molar-refractivity contribution in [3.05, 3.63) is 0 Å². The molecule has 0 aliphatic carbocycles. The SMILES string of the molecule is NC(=O)N(N)c1nc2c(c(N(N)C(N)=O)n1)N=CCN2. The number of nitrogens with two attached hydrogens (primary N) is 4. The Bertz CT molecular complexity index is 599. The Kier molecular flexibility index (Phi) is 3.32. The summed E-state index contributed by atoms with van der Waals surface area (Å²) >= 11 is 0. The van der Waals surface area contributed by atoms with Gasteiger partial charge in [0, 0.05) is 6.21 Å². The van der Waals surface area contributed by atoms with Crippen molar-refractivity contribution in [2.45, 2.75) is 0 Å². The van der Waals surface area contributed by atoms with E-state index in [0.717, 1.165) is 0 Å². The summed E-state index contributed by atoms with van der Waals surface area (Å²) in [7, 11) is 0. The number of hydrogen-bond donors (Lipinski definition) is 5. The molecule has 2 rings (SSSR count). The molecule has 0 spiro atoms. The Hall–Kier alpha value is -2.99. The van der Waals surface area contributed by atoms with Crippen LogP contribution in [0.5, 0.6) is 0 Å². The number of primary amides is 2. The van der Waals surface area contributed by atoms with Crippen LogP contribution in [0.1, 0.15) is 0 Å². The molecule has 12 heteroatoms. The van der Waals surface area contributed by atoms with Gasteiger partial charge in [0.2, 0.25) is 0 Å². The number of amides is 4. The van der Waals surface area contributed by atoms with E-state index in [1.807, 2.05) is 0 Å². The summed E-state index contributed by atoms with van der Waals surface area (Å²) < 4.78 is 0. The molecule has 2 heterocycles. The predicted molar refractivity (Wildman–Crippen MR) is 71.2 cm³/mol. The smallest absolute Gasteiger partial charge is 0.336 e. The van der Waals surface area contributed by atoms with Crippen LogP contribution in [-0.4, -0.2) is 34.8 Å². The van der Waals surface area contributed by atoms with Gasteiger partial charge in [-0.3, -0.25) is 4.99 Å². The van der Waals surface area contributed by atoms with Gasteiger partial charge in [-0.25, -0.2) is 26.3 Å². The molecule has 0 saturated carbocycles. The van der Waals surface area contributed by atoms with Crippen molar-refractivity contribution in [2.24, 2.45) is 28.1 Å². The number of nitrogens with zero attached hydrogens (tertiary/aromatic N) is 5. The monoisotopic (exact) mass is 280 g/mol. The Morgan fingerprint density at radius 2 is 1.80 bits per heavy atom. The lowest BCUT2D eigenvalue weighted by atomic mass is 10.3. The van der Waals surface area contributed by atoms with E-state index in [2.05, 4.69) is 20.3 Å². The van der Waals surface area contributed by atoms with Gasteiger partial charge in [0.25, 0.3) is 5.95 Å². The van der Waals surface area contributed by atoms with E-state index in [1.165, 1.54) is 6.21 Å². The van der Waals surface area contributed by atoms with Gasteiger partial charge in [-0.15, -0.1) is 0 Å². The van der Waals surface area contributed by atoms with E-state index in [9.17, 15) is 9.59 Å². The maximum atomic E-state index is 11.2. The number of nitrogens with one attached hydrogen (secondary N) is 1. The molecular formula is C8H12N10O2. The largest absolute Gasteiger partial charge is 0.363 e. The second-order valence-corrected chi connectivity index (χ2v) is 3.65. The average molecular weight is 280 g/mol. The lowest BCUT2D eigenvalue weighted by Crippen LogP contribution is -2.45. The molecule has 9 N–H and O–H groups in total. The van der Waals surface area contributed by atoms with Crippen molar-refractivity contribution < 1.29 is 9.59 Å². The van der Waals surface area contributed by atoms with Gasteiger partial charge in [0.15, 0.2) is 11.6 Å². The minimum absolute atomic E-state index is 0.113. The molecule has 0 unspecified atom stereocenters. The number of aliphatic imine (C=N–C) groups is 1. The van der Waals surface area contributed by atoms with Gasteiger partial charge >= 0.3 is 12.1 Å². The van der Waals surface area contributed by atoms with Crippen LogP contribution in [0.15, 0.2) is 4.99 Å². The zero-order chi connectivity index (χ0) is 14.9. The van der Waals surface area contributed by atoms with Crippen molar-refractivity contribution >= 4 is 41.5 Å². The molecule has 106 valence electrons. The van der Waals surface area contributed by atoms with E-state index >= 15 is 0 Å². The van der Waals surface area contributed by atoms with Gasteiger partial charge in [0.05, 0.1) is 6.54 Å². The Labute approximate surface area is 112 Å². The minimum Gasteiger partial charge on any atom is -0.363 e. The highest BCUT2D eigenvalue weighted by Gasteiger charge is 2.24. The molecule has 0 radical (unpaired) electrons. The zero-order valence-electron chi connectivity index (χ0n) is 10.1. The third kappa shape index (κ3) is 2.27. The maximum Gasteiger partial charge on any atom is 0.336 e. The van der Waals surface area contributed by atoms with Crippen LogP contribution in [0, 0.1) is 0 Å². The van der Waals surface area contributed by atoms with Crippen LogP contribution in [0.3, 0.4) is 0 Å². The molecule has 1 aromatic heterocycles. The molecule has 12 nitrogen and oxygen atoms in total. The summed E-state index contributed by atoms with van der Waals surface area (Å²) in [5.74, 6) is 10.8. The Balaban J connectivity index is 2.59. The van der Waals surface area contributed by atoms with Crippen molar-refractivity contribution in [3.8, 4) is 0 Å². The van der Waals surface area contributed by atoms with Crippen molar-refractivity contribution in [3.63, 3.8) is 0 Å². The van der Waals surface area contributed by atoms with Crippen LogP contribution in [0.4, 0.5) is 32.9 Å². The average Bonchev–Trinajstić information content (AvgIpc) is 2.44. The number of carbonyl (C=O) groups excluding carboxylic acids is 2. The van der Waals surface area contributed by atoms with Crippen LogP contribution in [0.25, 0.3) is 0 Å². The fraction of sp³-hybridized carbons (Fsp3) is 0.125. The molecule has 1 aromatic rings. The molecule has 20 heavy (non-hydrogen) atoms. The lowest BCUT2D eigenvalue weighted by Gasteiger charge is -2.21. The molecular weight excluding hydrogens is 268 g/mol. The van der Waals surface area contributed by atoms with Crippen molar-refractivity contribution in [1.82, 2.24) is 9.97 Å². The third-order valence-corrected chi connectivity index (χ3v) is 2.35. The number of urea groups is 2. The summed E-state index contributed by atoms with van der Waals surface area (Å²) in [4.78, 5) is 34.0. The van der Waals surface area contributed by atoms with Gasteiger partial charge in [0.1, 0.15) is 5.69 Å². The second kappa shape index (κ2) is 4.94. The number of aromatic nitrogens is 2. The molecule has 1 aliphatic rings. The van der Waals surface area contributed by atoms with Crippen molar-refractivity contribution in [2.75, 3.05) is 21.9 Å². The van der Waals surface area contributed by atoms with E-state index < -0.39 is 12.1 Å². The standard InChI is InChI=1S/C8H12N10O2/c9-6(19)17(11)5-3-4(14-2-1-13-3)15-8(16-5)18(12)7(10)20/h1H,2,11-12H2,(H2,9,19)(H2,10,20)(H,14,15,16). The van der Waals surface area contributed by atoms with Gasteiger partial charge < -0.3 is 16.8 Å². The molecule has 0 saturated heterocycles. The first-order valence-electron chi connectivity index (χ1n) is 5.28. The number of fused-ring (bicyclic) bond motifs is 1. The maximum absolute atomic E-state index is 11.2. The van der Waals surface area contributed by atoms with Gasteiger partial charge in [-0.1, -0.05) is 0 Å². The number of hydrogen-bond acceptors (Lipinski definition) is 8. The highest BCUT2D eigenvalue weighted by Crippen LogP contribution is 2.34. The molecule has 0 atom stereocenters. The van der Waals surface area contributed by atoms with E-state index in [4.69, 9.17) is 23.2 Å². The number of rotatable bonds is 2. The first kappa shape index (κ1) is 13.4. The Morgan fingerprint density at radius 1 is 1.15 bits per heavy atom. The predicted octanol–water partition coefficient (Wildman–Crippen LogP) is -1.88. The quantitative estimate of drug-likeness (QED) is 0.237. The van der Waals surface area contributed by atoms with Crippen LogP contribution in [-0.2, 0) is 0 Å². The highest BCUT2D eigenvalue weighted by molar-refractivity contribution is 5.96. The second-order valence-electron chi connectivity index (χ2n) is 3.65. The first-order valence-corrected chi connectivity index (χ1v) is 5.28. The first-order chi connectivity index (χ1) is 9.41. The number of anilines is 3. The molecule has 0 bridgehead atoms. The summed E-state index contributed by atoms with van der Waals surface area (Å²) in [5, 5.41) is 3.92. The third-order valence-electron chi connectivity index (χ3n) is 2.35. The van der Waals surface area contributed by atoms with Crippen LogP contribution >= 0.6 is 0 Å². The summed E-state index contributed by atoms with van der Waals surface area (Å²) in [6, 6.07) is -1.96. The van der Waals surface area contributed by atoms with E-state index in [-0.39, 0.29) is 23.3 Å². The topological polar surface area (TPSA) is 195 Å². The van der Waals surface area contributed by atoms with E-state index in [0.29, 0.717) is 16.6 Å². The molecule has 1 aliphatic heterocycles. The summed E-state index contributed by atoms with van der Waals surface area (Å²) in [6.45, 7) is 0.394. The minimum atomic E-state index is -0.988. The van der Waals surface area contributed by atoms with Crippen LogP contribution < -0.4 is 38.5 Å². The van der Waals surface area contributed by atoms with Gasteiger partial charge in [-0.2, -0.15) is 15.0 Å². The Morgan fingerprint density at radius 3 is 2.40 bits per heavy atom. The molecule has 0 fully saturated rings. The molecule has 0 aromatic carbocycles. The van der Waals surface area contributed by atoms with Gasteiger partial charge in [-0.05, 0) is 0 Å². The number of hydrazine groups is 2. The van der Waals surface area contributed by atoms with Crippen LogP contribution in [0.2, 0.25) is 0 Å².